The summed E-state index contributed by atoms with van der Waals surface area (Å²) in [5.74, 6) is -0.907. The lowest BCUT2D eigenvalue weighted by Gasteiger charge is -1.95. The second-order valence-electron chi connectivity index (χ2n) is 2.57. The number of carboxylic acid groups (broad SMARTS) is 1. The van der Waals surface area contributed by atoms with E-state index in [1.165, 1.54) is 0 Å². The zero-order valence-electron chi connectivity index (χ0n) is 6.90. The molecule has 0 atom stereocenters. The van der Waals surface area contributed by atoms with Crippen molar-refractivity contribution >= 4 is 21.9 Å². The summed E-state index contributed by atoms with van der Waals surface area (Å²) in [6, 6.07) is 7.78. The number of rotatable bonds is 3. The summed E-state index contributed by atoms with van der Waals surface area (Å²) in [5, 5.41) is 8.35. The first-order valence-corrected chi connectivity index (χ1v) is 4.61. The average molecular weight is 241 g/mol. The molecule has 0 unspecified atom stereocenters. The van der Waals surface area contributed by atoms with Gasteiger partial charge in [-0.15, -0.1) is 0 Å². The van der Waals surface area contributed by atoms with E-state index in [0.29, 0.717) is 6.42 Å². The predicted molar refractivity (Wildman–Crippen MR) is 54.6 cm³/mol. The standard InChI is InChI=1S/C10H9BrO2/c11-9-5-1-3-8(7-9)4-2-6-10(12)13/h1-3,5-7H,4H2,(H,12,13)/b6-2+. The molecule has 0 spiro atoms. The molecule has 0 heterocycles. The Kier molecular flexibility index (Phi) is 3.71. The van der Waals surface area contributed by atoms with Crippen LogP contribution in [0.3, 0.4) is 0 Å². The molecule has 3 heteroatoms. The van der Waals surface area contributed by atoms with E-state index in [1.54, 1.807) is 6.08 Å². The third-order valence-electron chi connectivity index (χ3n) is 1.50. The first-order chi connectivity index (χ1) is 6.18. The third-order valence-corrected chi connectivity index (χ3v) is 2.00. The molecular weight excluding hydrogens is 232 g/mol. The molecule has 1 rings (SSSR count). The van der Waals surface area contributed by atoms with Gasteiger partial charge in [0.25, 0.3) is 0 Å². The van der Waals surface area contributed by atoms with Gasteiger partial charge in [0, 0.05) is 10.5 Å². The summed E-state index contributed by atoms with van der Waals surface area (Å²) >= 11 is 3.34. The van der Waals surface area contributed by atoms with E-state index in [2.05, 4.69) is 15.9 Å². The van der Waals surface area contributed by atoms with Crippen LogP contribution in [0.1, 0.15) is 5.56 Å². The molecule has 1 aromatic carbocycles. The summed E-state index contributed by atoms with van der Waals surface area (Å²) in [6.45, 7) is 0. The van der Waals surface area contributed by atoms with Crippen molar-refractivity contribution in [3.8, 4) is 0 Å². The topological polar surface area (TPSA) is 37.3 Å². The Labute approximate surface area is 85.0 Å². The first kappa shape index (κ1) is 9.99. The van der Waals surface area contributed by atoms with Crippen molar-refractivity contribution in [1.29, 1.82) is 0 Å². The minimum absolute atomic E-state index is 0.645. The van der Waals surface area contributed by atoms with Crippen LogP contribution < -0.4 is 0 Å². The Hall–Kier alpha value is -1.09. The molecule has 0 aliphatic carbocycles. The van der Waals surface area contributed by atoms with Crippen molar-refractivity contribution in [2.45, 2.75) is 6.42 Å². The lowest BCUT2D eigenvalue weighted by molar-refractivity contribution is -0.131. The molecule has 0 aromatic heterocycles. The highest BCUT2D eigenvalue weighted by Crippen LogP contribution is 2.12. The number of allylic oxidation sites excluding steroid dienone is 1. The summed E-state index contributed by atoms with van der Waals surface area (Å²) in [6.07, 6.45) is 3.43. The number of benzene rings is 1. The van der Waals surface area contributed by atoms with Crippen LogP contribution in [0.15, 0.2) is 40.9 Å². The van der Waals surface area contributed by atoms with E-state index in [1.807, 2.05) is 24.3 Å². The Morgan fingerprint density at radius 2 is 2.31 bits per heavy atom. The summed E-state index contributed by atoms with van der Waals surface area (Å²) in [5.41, 5.74) is 1.09. The predicted octanol–water partition coefficient (Wildman–Crippen LogP) is 2.63. The van der Waals surface area contributed by atoms with Gasteiger partial charge in [-0.25, -0.2) is 4.79 Å². The van der Waals surface area contributed by atoms with Gasteiger partial charge in [-0.05, 0) is 24.1 Å². The number of carboxylic acids is 1. The number of aliphatic carboxylic acids is 1. The summed E-state index contributed by atoms with van der Waals surface area (Å²) in [7, 11) is 0. The van der Waals surface area contributed by atoms with Crippen LogP contribution in [0.5, 0.6) is 0 Å². The highest BCUT2D eigenvalue weighted by Gasteiger charge is 1.91. The maximum atomic E-state index is 10.2. The molecule has 0 saturated carbocycles. The fraction of sp³-hybridized carbons (Fsp3) is 0.100. The fourth-order valence-electron chi connectivity index (χ4n) is 0.960. The van der Waals surface area contributed by atoms with Crippen LogP contribution in [0, 0.1) is 0 Å². The molecule has 2 nitrogen and oxygen atoms in total. The molecule has 13 heavy (non-hydrogen) atoms. The Balaban J connectivity index is 2.59. The van der Waals surface area contributed by atoms with E-state index in [-0.39, 0.29) is 0 Å². The SMILES string of the molecule is O=C(O)/C=C/Cc1cccc(Br)c1. The lowest BCUT2D eigenvalue weighted by atomic mass is 10.1. The van der Waals surface area contributed by atoms with E-state index in [0.717, 1.165) is 16.1 Å². The van der Waals surface area contributed by atoms with Gasteiger partial charge >= 0.3 is 5.97 Å². The highest BCUT2D eigenvalue weighted by atomic mass is 79.9. The van der Waals surface area contributed by atoms with Gasteiger partial charge in [-0.3, -0.25) is 0 Å². The number of halogens is 1. The Bertz CT molecular complexity index is 331. The van der Waals surface area contributed by atoms with Crippen LogP contribution >= 0.6 is 15.9 Å². The molecule has 0 aliphatic heterocycles. The quantitative estimate of drug-likeness (QED) is 0.826. The van der Waals surface area contributed by atoms with E-state index in [4.69, 9.17) is 5.11 Å². The average Bonchev–Trinajstić information content (AvgIpc) is 2.03. The van der Waals surface area contributed by atoms with E-state index < -0.39 is 5.97 Å². The molecule has 68 valence electrons. The molecule has 0 radical (unpaired) electrons. The maximum Gasteiger partial charge on any atom is 0.327 e. The minimum atomic E-state index is -0.907. The summed E-state index contributed by atoms with van der Waals surface area (Å²) in [4.78, 5) is 10.2. The zero-order valence-corrected chi connectivity index (χ0v) is 8.49. The number of hydrogen-bond donors (Lipinski definition) is 1. The molecule has 0 aliphatic rings. The second kappa shape index (κ2) is 4.82. The first-order valence-electron chi connectivity index (χ1n) is 3.82. The third kappa shape index (κ3) is 3.90. The number of carbonyl (C=O) groups is 1. The lowest BCUT2D eigenvalue weighted by Crippen LogP contribution is -1.87. The fourth-order valence-corrected chi connectivity index (χ4v) is 1.41. The van der Waals surface area contributed by atoms with Gasteiger partial charge in [0.05, 0.1) is 0 Å². The van der Waals surface area contributed by atoms with Crippen molar-refractivity contribution in [2.75, 3.05) is 0 Å². The molecule has 0 fully saturated rings. The number of hydrogen-bond acceptors (Lipinski definition) is 1. The van der Waals surface area contributed by atoms with Crippen molar-refractivity contribution in [1.82, 2.24) is 0 Å². The van der Waals surface area contributed by atoms with Crippen LogP contribution in [0.4, 0.5) is 0 Å². The molecule has 0 bridgehead atoms. The van der Waals surface area contributed by atoms with Crippen LogP contribution in [0.25, 0.3) is 0 Å². The van der Waals surface area contributed by atoms with Gasteiger partial charge in [0.2, 0.25) is 0 Å². The van der Waals surface area contributed by atoms with Crippen molar-refractivity contribution in [2.24, 2.45) is 0 Å². The molecule has 0 saturated heterocycles. The maximum absolute atomic E-state index is 10.2. The van der Waals surface area contributed by atoms with Gasteiger partial charge < -0.3 is 5.11 Å². The molecular formula is C10H9BrO2. The highest BCUT2D eigenvalue weighted by molar-refractivity contribution is 9.10. The zero-order chi connectivity index (χ0) is 9.68. The molecule has 1 N–H and O–H groups in total. The largest absolute Gasteiger partial charge is 0.478 e. The smallest absolute Gasteiger partial charge is 0.327 e. The van der Waals surface area contributed by atoms with Crippen molar-refractivity contribution in [3.05, 3.63) is 46.5 Å². The van der Waals surface area contributed by atoms with Gasteiger partial charge in [0.1, 0.15) is 0 Å². The van der Waals surface area contributed by atoms with Gasteiger partial charge in [0.15, 0.2) is 0 Å². The van der Waals surface area contributed by atoms with E-state index in [9.17, 15) is 4.79 Å². The van der Waals surface area contributed by atoms with Crippen molar-refractivity contribution in [3.63, 3.8) is 0 Å². The van der Waals surface area contributed by atoms with Crippen LogP contribution in [-0.4, -0.2) is 11.1 Å². The van der Waals surface area contributed by atoms with Crippen LogP contribution in [-0.2, 0) is 11.2 Å². The van der Waals surface area contributed by atoms with Crippen molar-refractivity contribution < 1.29 is 9.90 Å². The van der Waals surface area contributed by atoms with Crippen LogP contribution in [0.2, 0.25) is 0 Å². The monoisotopic (exact) mass is 240 g/mol. The second-order valence-corrected chi connectivity index (χ2v) is 3.49. The molecule has 1 aromatic rings. The van der Waals surface area contributed by atoms with E-state index >= 15 is 0 Å². The minimum Gasteiger partial charge on any atom is -0.478 e. The summed E-state index contributed by atoms with van der Waals surface area (Å²) < 4.78 is 1.01. The Morgan fingerprint density at radius 3 is 2.92 bits per heavy atom. The Morgan fingerprint density at radius 1 is 1.54 bits per heavy atom. The van der Waals surface area contributed by atoms with Gasteiger partial charge in [-0.1, -0.05) is 34.1 Å². The molecule has 0 amide bonds. The van der Waals surface area contributed by atoms with Gasteiger partial charge in [-0.2, -0.15) is 0 Å². The normalized spacial score (nSPS) is 10.5.